The van der Waals surface area contributed by atoms with Crippen molar-refractivity contribution in [2.45, 2.75) is 33.2 Å². The van der Waals surface area contributed by atoms with Gasteiger partial charge in [0.1, 0.15) is 5.82 Å². The number of ether oxygens (including phenoxy) is 1. The molecule has 0 aliphatic carbocycles. The first-order valence-electron chi connectivity index (χ1n) is 7.84. The zero-order valence-electron chi connectivity index (χ0n) is 14.0. The molecule has 0 unspecified atom stereocenters. The number of carbonyl (C=O) groups is 2. The Morgan fingerprint density at radius 3 is 2.67 bits per heavy atom. The smallest absolute Gasteiger partial charge is 0.339 e. The number of benzene rings is 1. The van der Waals surface area contributed by atoms with Gasteiger partial charge in [-0.05, 0) is 44.5 Å². The molecule has 0 aliphatic rings. The molecular weight excluding hydrogens is 311 g/mol. The van der Waals surface area contributed by atoms with Gasteiger partial charge in [0.25, 0.3) is 0 Å². The van der Waals surface area contributed by atoms with Gasteiger partial charge in [-0.3, -0.25) is 4.79 Å². The topological polar surface area (TPSA) is 60.3 Å². The van der Waals surface area contributed by atoms with Crippen molar-refractivity contribution in [3.05, 3.63) is 53.6 Å². The molecular formula is C18H21FN2O3. The van der Waals surface area contributed by atoms with Gasteiger partial charge in [-0.25, -0.2) is 9.18 Å². The average Bonchev–Trinajstić information content (AvgIpc) is 2.90. The number of aromatic nitrogens is 1. The lowest BCUT2D eigenvalue weighted by atomic mass is 10.1. The van der Waals surface area contributed by atoms with Crippen LogP contribution in [0.1, 0.15) is 36.7 Å². The van der Waals surface area contributed by atoms with Crippen molar-refractivity contribution in [2.75, 3.05) is 6.61 Å². The Morgan fingerprint density at radius 2 is 2.04 bits per heavy atom. The van der Waals surface area contributed by atoms with Gasteiger partial charge in [0.2, 0.25) is 5.91 Å². The Hall–Kier alpha value is -2.63. The Labute approximate surface area is 140 Å². The van der Waals surface area contributed by atoms with E-state index in [4.69, 9.17) is 4.74 Å². The van der Waals surface area contributed by atoms with E-state index < -0.39 is 5.97 Å². The molecule has 0 saturated carbocycles. The summed E-state index contributed by atoms with van der Waals surface area (Å²) in [6, 6.07) is 6.01. The molecule has 1 heterocycles. The fourth-order valence-corrected chi connectivity index (χ4v) is 2.36. The molecule has 1 aromatic heterocycles. The second-order valence-electron chi connectivity index (χ2n) is 5.70. The van der Waals surface area contributed by atoms with Gasteiger partial charge in [-0.2, -0.15) is 0 Å². The van der Waals surface area contributed by atoms with Gasteiger partial charge in [0.05, 0.1) is 18.6 Å². The zero-order chi connectivity index (χ0) is 17.7. The third kappa shape index (κ3) is 4.44. The highest BCUT2D eigenvalue weighted by atomic mass is 19.1. The summed E-state index contributed by atoms with van der Waals surface area (Å²) in [5.74, 6) is -1.06. The van der Waals surface area contributed by atoms with E-state index in [0.717, 1.165) is 0 Å². The van der Waals surface area contributed by atoms with Crippen LogP contribution in [0, 0.1) is 5.82 Å². The maximum Gasteiger partial charge on any atom is 0.339 e. The molecule has 0 fully saturated rings. The van der Waals surface area contributed by atoms with Crippen molar-refractivity contribution >= 4 is 11.9 Å². The quantitative estimate of drug-likeness (QED) is 0.828. The first-order valence-corrected chi connectivity index (χ1v) is 7.84. The SMILES string of the molecule is CCOC(=O)c1cn(-c2cccc(F)c2)cc1CC(=O)NC(C)C. The van der Waals surface area contributed by atoms with E-state index in [2.05, 4.69) is 5.32 Å². The lowest BCUT2D eigenvalue weighted by Gasteiger charge is -2.08. The van der Waals surface area contributed by atoms with Crippen LogP contribution in [0.2, 0.25) is 0 Å². The first-order chi connectivity index (χ1) is 11.4. The van der Waals surface area contributed by atoms with E-state index in [1.807, 2.05) is 13.8 Å². The van der Waals surface area contributed by atoms with Crippen LogP contribution in [0.5, 0.6) is 0 Å². The normalized spacial score (nSPS) is 10.7. The number of nitrogens with zero attached hydrogens (tertiary/aromatic N) is 1. The first kappa shape index (κ1) is 17.7. The standard InChI is InChI=1S/C18H21FN2O3/c1-4-24-18(23)16-11-21(15-7-5-6-14(19)9-15)10-13(16)8-17(22)20-12(2)3/h5-7,9-12H,4,8H2,1-3H3,(H,20,22). The van der Waals surface area contributed by atoms with Crippen LogP contribution in [0.25, 0.3) is 5.69 Å². The summed E-state index contributed by atoms with van der Waals surface area (Å²) in [6.45, 7) is 5.68. The molecule has 6 heteroatoms. The molecule has 1 amide bonds. The molecule has 0 saturated heterocycles. The minimum atomic E-state index is -0.500. The second-order valence-corrected chi connectivity index (χ2v) is 5.70. The van der Waals surface area contributed by atoms with Crippen molar-refractivity contribution < 1.29 is 18.7 Å². The van der Waals surface area contributed by atoms with Crippen LogP contribution >= 0.6 is 0 Å². The highest BCUT2D eigenvalue weighted by molar-refractivity contribution is 5.93. The molecule has 24 heavy (non-hydrogen) atoms. The average molecular weight is 332 g/mol. The molecule has 0 spiro atoms. The van der Waals surface area contributed by atoms with Crippen LogP contribution in [0.15, 0.2) is 36.7 Å². The number of hydrogen-bond acceptors (Lipinski definition) is 3. The molecule has 2 aromatic rings. The molecule has 0 radical (unpaired) electrons. The van der Waals surface area contributed by atoms with E-state index in [1.54, 1.807) is 36.0 Å². The fraction of sp³-hybridized carbons (Fsp3) is 0.333. The third-order valence-corrected chi connectivity index (χ3v) is 3.31. The van der Waals surface area contributed by atoms with Gasteiger partial charge < -0.3 is 14.6 Å². The lowest BCUT2D eigenvalue weighted by molar-refractivity contribution is -0.120. The van der Waals surface area contributed by atoms with Crippen LogP contribution in [-0.4, -0.2) is 29.1 Å². The monoisotopic (exact) mass is 332 g/mol. The largest absolute Gasteiger partial charge is 0.462 e. The highest BCUT2D eigenvalue weighted by Gasteiger charge is 2.19. The molecule has 0 atom stereocenters. The Balaban J connectivity index is 2.36. The van der Waals surface area contributed by atoms with E-state index in [0.29, 0.717) is 16.8 Å². The maximum absolute atomic E-state index is 13.4. The summed E-state index contributed by atoms with van der Waals surface area (Å²) in [4.78, 5) is 24.2. The van der Waals surface area contributed by atoms with Crippen LogP contribution < -0.4 is 5.32 Å². The van der Waals surface area contributed by atoms with Gasteiger partial charge in [-0.1, -0.05) is 6.07 Å². The van der Waals surface area contributed by atoms with Crippen LogP contribution in [0.3, 0.4) is 0 Å². The summed E-state index contributed by atoms with van der Waals surface area (Å²) >= 11 is 0. The predicted molar refractivity (Wildman–Crippen MR) is 88.7 cm³/mol. The molecule has 1 N–H and O–H groups in total. The van der Waals surface area contributed by atoms with Gasteiger partial charge >= 0.3 is 5.97 Å². The Bertz CT molecular complexity index is 738. The summed E-state index contributed by atoms with van der Waals surface area (Å²) in [5, 5.41) is 2.79. The highest BCUT2D eigenvalue weighted by Crippen LogP contribution is 2.18. The number of halogens is 1. The summed E-state index contributed by atoms with van der Waals surface area (Å²) in [5.41, 5.74) is 1.41. The minimum absolute atomic E-state index is 0.00819. The number of rotatable bonds is 6. The number of amides is 1. The fourth-order valence-electron chi connectivity index (χ4n) is 2.36. The lowest BCUT2D eigenvalue weighted by Crippen LogP contribution is -2.31. The molecule has 5 nitrogen and oxygen atoms in total. The Morgan fingerprint density at radius 1 is 1.29 bits per heavy atom. The summed E-state index contributed by atoms with van der Waals surface area (Å²) in [7, 11) is 0. The third-order valence-electron chi connectivity index (χ3n) is 3.31. The van der Waals surface area contributed by atoms with Crippen LogP contribution in [-0.2, 0) is 16.0 Å². The van der Waals surface area contributed by atoms with E-state index in [-0.39, 0.29) is 30.8 Å². The zero-order valence-corrected chi connectivity index (χ0v) is 14.0. The van der Waals surface area contributed by atoms with Crippen LogP contribution in [0.4, 0.5) is 4.39 Å². The molecule has 2 rings (SSSR count). The van der Waals surface area contributed by atoms with E-state index >= 15 is 0 Å². The molecule has 0 bridgehead atoms. The predicted octanol–water partition coefficient (Wildman–Crippen LogP) is 2.86. The molecule has 1 aromatic carbocycles. The van der Waals surface area contributed by atoms with Crippen molar-refractivity contribution in [3.8, 4) is 5.69 Å². The van der Waals surface area contributed by atoms with Gasteiger partial charge in [0, 0.05) is 24.1 Å². The number of carbonyl (C=O) groups excluding carboxylic acids is 2. The van der Waals surface area contributed by atoms with Gasteiger partial charge in [0.15, 0.2) is 0 Å². The van der Waals surface area contributed by atoms with Gasteiger partial charge in [-0.15, -0.1) is 0 Å². The molecule has 0 aliphatic heterocycles. The summed E-state index contributed by atoms with van der Waals surface area (Å²) in [6.07, 6.45) is 3.26. The number of esters is 1. The summed E-state index contributed by atoms with van der Waals surface area (Å²) < 4.78 is 20.1. The van der Waals surface area contributed by atoms with Crippen molar-refractivity contribution in [2.24, 2.45) is 0 Å². The van der Waals surface area contributed by atoms with Crippen molar-refractivity contribution in [1.82, 2.24) is 9.88 Å². The minimum Gasteiger partial charge on any atom is -0.462 e. The number of nitrogens with one attached hydrogen (secondary N) is 1. The maximum atomic E-state index is 13.4. The van der Waals surface area contributed by atoms with E-state index in [1.165, 1.54) is 12.1 Å². The number of hydrogen-bond donors (Lipinski definition) is 1. The van der Waals surface area contributed by atoms with Crippen molar-refractivity contribution in [3.63, 3.8) is 0 Å². The molecule has 128 valence electrons. The Kier molecular flexibility index (Phi) is 5.73. The second kappa shape index (κ2) is 7.77. The van der Waals surface area contributed by atoms with E-state index in [9.17, 15) is 14.0 Å². The van der Waals surface area contributed by atoms with Crippen molar-refractivity contribution in [1.29, 1.82) is 0 Å².